The van der Waals surface area contributed by atoms with E-state index in [0.29, 0.717) is 17.2 Å². The lowest BCUT2D eigenvalue weighted by molar-refractivity contribution is -0.143. The predicted molar refractivity (Wildman–Crippen MR) is 152 cm³/mol. The molecule has 1 N–H and O–H groups in total. The maximum absolute atomic E-state index is 13.8. The zero-order valence-electron chi connectivity index (χ0n) is 22.3. The summed E-state index contributed by atoms with van der Waals surface area (Å²) in [6.07, 6.45) is 5.81. The van der Waals surface area contributed by atoms with Crippen molar-refractivity contribution in [3.63, 3.8) is 0 Å². The Morgan fingerprint density at radius 3 is 2.24 bits per heavy atom. The Hall–Kier alpha value is -3.31. The number of hydrogen-bond acceptors (Lipinski definition) is 3. The number of ether oxygens (including phenoxy) is 1. The fraction of sp³-hybridized carbons (Fsp3) is 0.375. The van der Waals surface area contributed by atoms with E-state index in [0.717, 1.165) is 47.9 Å². The molecule has 0 saturated heterocycles. The highest BCUT2D eigenvalue weighted by atomic mass is 35.5. The molecule has 0 radical (unpaired) electrons. The average Bonchev–Trinajstić information content (AvgIpc) is 2.91. The Labute approximate surface area is 231 Å². The highest BCUT2D eigenvalue weighted by molar-refractivity contribution is 6.30. The molecule has 3 aromatic carbocycles. The molecular weight excluding hydrogens is 496 g/mol. The number of aryl methyl sites for hydroxylation is 2. The third-order valence-corrected chi connectivity index (χ3v) is 7.30. The molecule has 3 aromatic rings. The third kappa shape index (κ3) is 8.09. The number of nitrogens with zero attached hydrogens (tertiary/aromatic N) is 1. The van der Waals surface area contributed by atoms with E-state index >= 15 is 0 Å². The number of benzene rings is 3. The summed E-state index contributed by atoms with van der Waals surface area (Å²) in [5.74, 6) is 0.293. The summed E-state index contributed by atoms with van der Waals surface area (Å²) in [5.41, 5.74) is 4.04. The van der Waals surface area contributed by atoms with E-state index in [2.05, 4.69) is 11.4 Å². The molecule has 38 heavy (non-hydrogen) atoms. The number of rotatable bonds is 10. The van der Waals surface area contributed by atoms with Crippen molar-refractivity contribution in [2.45, 2.75) is 71.0 Å². The molecule has 1 aliphatic rings. The van der Waals surface area contributed by atoms with Crippen LogP contribution in [0.15, 0.2) is 72.8 Å². The number of nitrogens with one attached hydrogen (secondary N) is 1. The van der Waals surface area contributed by atoms with Gasteiger partial charge >= 0.3 is 0 Å². The van der Waals surface area contributed by atoms with Crippen LogP contribution in [0.1, 0.15) is 54.4 Å². The summed E-state index contributed by atoms with van der Waals surface area (Å²) in [4.78, 5) is 29.2. The van der Waals surface area contributed by atoms with Gasteiger partial charge in [-0.2, -0.15) is 0 Å². The summed E-state index contributed by atoms with van der Waals surface area (Å²) in [5, 5.41) is 3.89. The fourth-order valence-electron chi connectivity index (χ4n) is 5.13. The molecule has 1 aliphatic carbocycles. The summed E-state index contributed by atoms with van der Waals surface area (Å²) in [6, 6.07) is 22.6. The maximum Gasteiger partial charge on any atom is 0.261 e. The minimum atomic E-state index is -0.676. The molecule has 5 nitrogen and oxygen atoms in total. The monoisotopic (exact) mass is 532 g/mol. The van der Waals surface area contributed by atoms with E-state index in [9.17, 15) is 9.59 Å². The first kappa shape index (κ1) is 27.7. The first-order chi connectivity index (χ1) is 18.4. The van der Waals surface area contributed by atoms with Gasteiger partial charge in [-0.15, -0.1) is 0 Å². The molecule has 0 aromatic heterocycles. The van der Waals surface area contributed by atoms with Crippen LogP contribution in [0.3, 0.4) is 0 Å². The van der Waals surface area contributed by atoms with Crippen molar-refractivity contribution in [2.24, 2.45) is 0 Å². The molecule has 0 heterocycles. The van der Waals surface area contributed by atoms with Crippen LogP contribution in [0.5, 0.6) is 5.75 Å². The SMILES string of the molecule is Cc1cc(C)cc(OCC(=O)N(Cc2ccc(Cl)cc2)[C@@H](Cc2ccccc2)C(=O)NC2CCCCC2)c1. The molecule has 1 fully saturated rings. The largest absolute Gasteiger partial charge is 0.484 e. The Morgan fingerprint density at radius 1 is 0.921 bits per heavy atom. The van der Waals surface area contributed by atoms with Gasteiger partial charge in [0, 0.05) is 24.0 Å². The first-order valence-corrected chi connectivity index (χ1v) is 13.8. The Bertz CT molecular complexity index is 1190. The summed E-state index contributed by atoms with van der Waals surface area (Å²) >= 11 is 6.12. The summed E-state index contributed by atoms with van der Waals surface area (Å²) in [7, 11) is 0. The van der Waals surface area contributed by atoms with Crippen molar-refractivity contribution >= 4 is 23.4 Å². The predicted octanol–water partition coefficient (Wildman–Crippen LogP) is 6.42. The van der Waals surface area contributed by atoms with E-state index in [1.165, 1.54) is 6.42 Å². The molecule has 2 amide bonds. The third-order valence-electron chi connectivity index (χ3n) is 7.05. The molecule has 0 unspecified atom stereocenters. The highest BCUT2D eigenvalue weighted by Gasteiger charge is 2.32. The zero-order valence-corrected chi connectivity index (χ0v) is 23.0. The van der Waals surface area contributed by atoms with Crippen molar-refractivity contribution in [1.82, 2.24) is 10.2 Å². The number of halogens is 1. The van der Waals surface area contributed by atoms with Crippen molar-refractivity contribution < 1.29 is 14.3 Å². The second-order valence-corrected chi connectivity index (χ2v) is 10.7. The minimum Gasteiger partial charge on any atom is -0.484 e. The molecule has 1 atom stereocenters. The summed E-state index contributed by atoms with van der Waals surface area (Å²) < 4.78 is 5.95. The normalized spacial score (nSPS) is 14.5. The number of carbonyl (C=O) groups excluding carboxylic acids is 2. The van der Waals surface area contributed by atoms with E-state index in [1.807, 2.05) is 68.4 Å². The van der Waals surface area contributed by atoms with Crippen molar-refractivity contribution in [1.29, 1.82) is 0 Å². The van der Waals surface area contributed by atoms with Crippen molar-refractivity contribution in [2.75, 3.05) is 6.61 Å². The van der Waals surface area contributed by atoms with Crippen LogP contribution in [-0.2, 0) is 22.6 Å². The lowest BCUT2D eigenvalue weighted by Gasteiger charge is -2.33. The Kier molecular flexibility index (Phi) is 9.83. The molecule has 1 saturated carbocycles. The molecule has 0 bridgehead atoms. The summed E-state index contributed by atoms with van der Waals surface area (Å²) in [6.45, 7) is 4.13. The van der Waals surface area contributed by atoms with Gasteiger partial charge in [0.1, 0.15) is 11.8 Å². The molecule has 4 rings (SSSR count). The minimum absolute atomic E-state index is 0.116. The van der Waals surface area contributed by atoms with Gasteiger partial charge in [-0.3, -0.25) is 9.59 Å². The molecule has 6 heteroatoms. The van der Waals surface area contributed by atoms with Crippen molar-refractivity contribution in [3.05, 3.63) is 100 Å². The van der Waals surface area contributed by atoms with E-state index in [-0.39, 0.29) is 31.0 Å². The number of carbonyl (C=O) groups is 2. The lowest BCUT2D eigenvalue weighted by Crippen LogP contribution is -2.53. The standard InChI is InChI=1S/C32H37ClN2O3/c1-23-17-24(2)19-29(18-23)38-22-31(36)35(21-26-13-15-27(33)16-14-26)30(20-25-9-5-3-6-10-25)32(37)34-28-11-7-4-8-12-28/h3,5-6,9-10,13-19,28,30H,4,7-8,11-12,20-22H2,1-2H3,(H,34,37)/t30-/m0/s1. The second-order valence-electron chi connectivity index (χ2n) is 10.3. The number of amides is 2. The molecule has 0 aliphatic heterocycles. The van der Waals surface area contributed by atoms with E-state index in [4.69, 9.17) is 16.3 Å². The smallest absolute Gasteiger partial charge is 0.261 e. The molecule has 0 spiro atoms. The van der Waals surface area contributed by atoms with Crippen LogP contribution < -0.4 is 10.1 Å². The lowest BCUT2D eigenvalue weighted by atomic mass is 9.94. The van der Waals surface area contributed by atoms with Crippen LogP contribution in [0.2, 0.25) is 5.02 Å². The topological polar surface area (TPSA) is 58.6 Å². The Morgan fingerprint density at radius 2 is 1.58 bits per heavy atom. The number of hydrogen-bond donors (Lipinski definition) is 1. The van der Waals surface area contributed by atoms with Gasteiger partial charge in [0.25, 0.3) is 5.91 Å². The fourth-order valence-corrected chi connectivity index (χ4v) is 5.25. The van der Waals surface area contributed by atoms with Gasteiger partial charge in [0.05, 0.1) is 0 Å². The van der Waals surface area contributed by atoms with E-state index < -0.39 is 6.04 Å². The van der Waals surface area contributed by atoms with Gasteiger partial charge in [-0.1, -0.05) is 79.4 Å². The molecule has 200 valence electrons. The van der Waals surface area contributed by atoms with Gasteiger partial charge in [-0.05, 0) is 73.2 Å². The van der Waals surface area contributed by atoms with Crippen LogP contribution in [-0.4, -0.2) is 35.4 Å². The van der Waals surface area contributed by atoms with Crippen molar-refractivity contribution in [3.8, 4) is 5.75 Å². The van der Waals surface area contributed by atoms with Crippen LogP contribution >= 0.6 is 11.6 Å². The van der Waals surface area contributed by atoms with Gasteiger partial charge in [0.2, 0.25) is 5.91 Å². The Balaban J connectivity index is 1.61. The van der Waals surface area contributed by atoms with Gasteiger partial charge in [0.15, 0.2) is 6.61 Å². The van der Waals surface area contributed by atoms with Gasteiger partial charge < -0.3 is 15.0 Å². The van der Waals surface area contributed by atoms with E-state index in [1.54, 1.807) is 17.0 Å². The molecular formula is C32H37ClN2O3. The van der Waals surface area contributed by atoms with Crippen LogP contribution in [0, 0.1) is 13.8 Å². The van der Waals surface area contributed by atoms with Crippen LogP contribution in [0.4, 0.5) is 0 Å². The second kappa shape index (κ2) is 13.5. The first-order valence-electron chi connectivity index (χ1n) is 13.5. The maximum atomic E-state index is 13.8. The van der Waals surface area contributed by atoms with Crippen LogP contribution in [0.25, 0.3) is 0 Å². The van der Waals surface area contributed by atoms with Gasteiger partial charge in [-0.25, -0.2) is 0 Å². The quantitative estimate of drug-likeness (QED) is 0.327. The average molecular weight is 533 g/mol. The zero-order chi connectivity index (χ0) is 26.9. The highest BCUT2D eigenvalue weighted by Crippen LogP contribution is 2.21.